The van der Waals surface area contributed by atoms with Crippen LogP contribution in [0.3, 0.4) is 0 Å². The lowest BCUT2D eigenvalue weighted by atomic mass is 10.2. The number of anilines is 2. The number of nitrogens with two attached hydrogens (primary N) is 1. The molecule has 10 heteroatoms. The van der Waals surface area contributed by atoms with Crippen LogP contribution in [0.2, 0.25) is 0 Å². The zero-order valence-corrected chi connectivity index (χ0v) is 17.6. The van der Waals surface area contributed by atoms with Crippen LogP contribution in [-0.2, 0) is 22.7 Å². The SMILES string of the molecule is Cc1nc([N+](=O)[O-])cn1CCC(=O)Nc1cccc(N(CC(N)=O)Cc2ccccc2)c1. The summed E-state index contributed by atoms with van der Waals surface area (Å²) in [6, 6.07) is 16.8. The summed E-state index contributed by atoms with van der Waals surface area (Å²) in [5.74, 6) is -0.486. The summed E-state index contributed by atoms with van der Waals surface area (Å²) in [5.41, 5.74) is 7.77. The summed E-state index contributed by atoms with van der Waals surface area (Å²) >= 11 is 0. The van der Waals surface area contributed by atoms with E-state index < -0.39 is 10.8 Å². The van der Waals surface area contributed by atoms with Crippen LogP contribution in [-0.4, -0.2) is 32.8 Å². The minimum Gasteiger partial charge on any atom is -0.368 e. The Hall–Kier alpha value is -4.21. The maximum Gasteiger partial charge on any atom is 0.381 e. The van der Waals surface area contributed by atoms with Crippen molar-refractivity contribution in [2.24, 2.45) is 5.73 Å². The van der Waals surface area contributed by atoms with Crippen molar-refractivity contribution in [1.29, 1.82) is 0 Å². The third-order valence-electron chi connectivity index (χ3n) is 4.79. The third-order valence-corrected chi connectivity index (χ3v) is 4.79. The van der Waals surface area contributed by atoms with Gasteiger partial charge in [0, 0.05) is 37.8 Å². The molecule has 3 aromatic rings. The molecule has 3 rings (SSSR count). The van der Waals surface area contributed by atoms with E-state index in [1.54, 1.807) is 29.7 Å². The van der Waals surface area contributed by atoms with Crippen molar-refractivity contribution in [3.63, 3.8) is 0 Å². The van der Waals surface area contributed by atoms with E-state index in [1.807, 2.05) is 41.3 Å². The fourth-order valence-corrected chi connectivity index (χ4v) is 3.26. The summed E-state index contributed by atoms with van der Waals surface area (Å²) in [6.07, 6.45) is 1.43. The normalized spacial score (nSPS) is 10.5. The van der Waals surface area contributed by atoms with Crippen molar-refractivity contribution in [2.75, 3.05) is 16.8 Å². The molecule has 2 aromatic carbocycles. The number of aryl methyl sites for hydroxylation is 2. The highest BCUT2D eigenvalue weighted by atomic mass is 16.6. The molecule has 3 N–H and O–H groups in total. The van der Waals surface area contributed by atoms with Crippen molar-refractivity contribution in [1.82, 2.24) is 9.55 Å². The zero-order valence-electron chi connectivity index (χ0n) is 17.6. The molecule has 0 bridgehead atoms. The quantitative estimate of drug-likeness (QED) is 0.370. The Morgan fingerprint density at radius 1 is 1.19 bits per heavy atom. The van der Waals surface area contributed by atoms with Crippen LogP contribution >= 0.6 is 0 Å². The highest BCUT2D eigenvalue weighted by Crippen LogP contribution is 2.22. The number of benzene rings is 2. The average molecular weight is 436 g/mol. The second-order valence-corrected chi connectivity index (χ2v) is 7.25. The molecular formula is C22H24N6O4. The number of aromatic nitrogens is 2. The van der Waals surface area contributed by atoms with Crippen molar-refractivity contribution in [2.45, 2.75) is 26.4 Å². The Morgan fingerprint density at radius 3 is 2.59 bits per heavy atom. The van der Waals surface area contributed by atoms with Crippen LogP contribution < -0.4 is 16.0 Å². The fourth-order valence-electron chi connectivity index (χ4n) is 3.26. The van der Waals surface area contributed by atoms with Gasteiger partial charge < -0.3 is 30.6 Å². The molecule has 0 unspecified atom stereocenters. The Bertz CT molecular complexity index is 1110. The largest absolute Gasteiger partial charge is 0.381 e. The molecular weight excluding hydrogens is 412 g/mol. The van der Waals surface area contributed by atoms with Crippen molar-refractivity contribution < 1.29 is 14.5 Å². The molecule has 0 fully saturated rings. The van der Waals surface area contributed by atoms with Gasteiger partial charge in [-0.15, -0.1) is 0 Å². The lowest BCUT2D eigenvalue weighted by Crippen LogP contribution is -2.33. The van der Waals surface area contributed by atoms with E-state index >= 15 is 0 Å². The van der Waals surface area contributed by atoms with E-state index in [0.717, 1.165) is 11.3 Å². The topological polar surface area (TPSA) is 136 Å². The maximum absolute atomic E-state index is 12.4. The number of hydrogen-bond donors (Lipinski definition) is 2. The Kier molecular flexibility index (Phi) is 7.17. The standard InChI is InChI=1S/C22H24N6O4/c1-16-24-21(28(31)32)15-26(16)11-10-22(30)25-18-8-5-9-19(12-18)27(14-20(23)29)13-17-6-3-2-4-7-17/h2-9,12,15H,10-11,13-14H2,1H3,(H2,23,29)(H,25,30). The van der Waals surface area contributed by atoms with Gasteiger partial charge in [0.25, 0.3) is 0 Å². The van der Waals surface area contributed by atoms with Gasteiger partial charge in [0.15, 0.2) is 0 Å². The summed E-state index contributed by atoms with van der Waals surface area (Å²) in [5, 5.41) is 13.7. The van der Waals surface area contributed by atoms with Crippen molar-refractivity contribution in [3.8, 4) is 0 Å². The Labute approximate surface area is 184 Å². The predicted molar refractivity (Wildman–Crippen MR) is 120 cm³/mol. The summed E-state index contributed by atoms with van der Waals surface area (Å²) in [6.45, 7) is 2.43. The second kappa shape index (κ2) is 10.2. The molecule has 0 saturated heterocycles. The summed E-state index contributed by atoms with van der Waals surface area (Å²) in [7, 11) is 0. The van der Waals surface area contributed by atoms with E-state index in [0.29, 0.717) is 18.1 Å². The van der Waals surface area contributed by atoms with Gasteiger partial charge in [-0.3, -0.25) is 9.59 Å². The number of nitro groups is 1. The van der Waals surface area contributed by atoms with Crippen molar-refractivity contribution in [3.05, 3.63) is 82.3 Å². The maximum atomic E-state index is 12.4. The molecule has 0 saturated carbocycles. The van der Waals surface area contributed by atoms with Gasteiger partial charge in [0.05, 0.1) is 6.54 Å². The molecule has 166 valence electrons. The summed E-state index contributed by atoms with van der Waals surface area (Å²) < 4.78 is 1.57. The molecule has 0 atom stereocenters. The van der Waals surface area contributed by atoms with Crippen LogP contribution in [0.1, 0.15) is 17.8 Å². The lowest BCUT2D eigenvalue weighted by molar-refractivity contribution is -0.389. The van der Waals surface area contributed by atoms with E-state index in [9.17, 15) is 19.7 Å². The van der Waals surface area contributed by atoms with Gasteiger partial charge in [-0.1, -0.05) is 36.4 Å². The van der Waals surface area contributed by atoms with E-state index in [2.05, 4.69) is 10.3 Å². The number of primary amides is 1. The number of carbonyl (C=O) groups excluding carboxylic acids is 2. The highest BCUT2D eigenvalue weighted by Gasteiger charge is 2.16. The zero-order chi connectivity index (χ0) is 23.1. The van der Waals surface area contributed by atoms with Gasteiger partial charge in [-0.05, 0) is 33.7 Å². The first-order valence-corrected chi connectivity index (χ1v) is 9.97. The van der Waals surface area contributed by atoms with Gasteiger partial charge in [-0.25, -0.2) is 0 Å². The molecule has 0 aliphatic rings. The van der Waals surface area contributed by atoms with Crippen LogP contribution in [0.5, 0.6) is 0 Å². The van der Waals surface area contributed by atoms with Crippen LogP contribution in [0, 0.1) is 17.0 Å². The number of hydrogen-bond acceptors (Lipinski definition) is 6. The average Bonchev–Trinajstić information content (AvgIpc) is 3.13. The van der Waals surface area contributed by atoms with Crippen molar-refractivity contribution >= 4 is 29.0 Å². The molecule has 2 amide bonds. The van der Waals surface area contributed by atoms with E-state index in [-0.39, 0.29) is 31.2 Å². The monoisotopic (exact) mass is 436 g/mol. The fraction of sp³-hybridized carbons (Fsp3) is 0.227. The molecule has 10 nitrogen and oxygen atoms in total. The van der Waals surface area contributed by atoms with Crippen LogP contribution in [0.15, 0.2) is 60.8 Å². The minimum absolute atomic E-state index is 0.0327. The number of nitrogens with one attached hydrogen (secondary N) is 1. The van der Waals surface area contributed by atoms with Gasteiger partial charge in [-0.2, -0.15) is 0 Å². The molecule has 0 aliphatic carbocycles. The van der Waals surface area contributed by atoms with Gasteiger partial charge in [0.1, 0.15) is 6.20 Å². The first-order valence-electron chi connectivity index (χ1n) is 9.97. The number of nitrogens with zero attached hydrogens (tertiary/aromatic N) is 4. The third kappa shape index (κ3) is 6.14. The van der Waals surface area contributed by atoms with E-state index in [1.165, 1.54) is 6.20 Å². The van der Waals surface area contributed by atoms with Gasteiger partial charge >= 0.3 is 5.82 Å². The first-order chi connectivity index (χ1) is 15.3. The Morgan fingerprint density at radius 2 is 1.94 bits per heavy atom. The number of amides is 2. The molecule has 0 radical (unpaired) electrons. The first kappa shape index (κ1) is 22.5. The van der Waals surface area contributed by atoms with Gasteiger partial charge in [0.2, 0.25) is 17.6 Å². The molecule has 1 heterocycles. The molecule has 1 aromatic heterocycles. The van der Waals surface area contributed by atoms with E-state index in [4.69, 9.17) is 5.73 Å². The number of rotatable bonds is 10. The minimum atomic E-state index is -0.567. The second-order valence-electron chi connectivity index (χ2n) is 7.25. The van der Waals surface area contributed by atoms with Crippen LogP contribution in [0.4, 0.5) is 17.2 Å². The Balaban J connectivity index is 1.66. The highest BCUT2D eigenvalue weighted by molar-refractivity contribution is 5.91. The summed E-state index contributed by atoms with van der Waals surface area (Å²) in [4.78, 5) is 40.0. The lowest BCUT2D eigenvalue weighted by Gasteiger charge is -2.24. The number of imidazole rings is 1. The smallest absolute Gasteiger partial charge is 0.368 e. The predicted octanol–water partition coefficient (Wildman–Crippen LogP) is 2.62. The molecule has 0 aliphatic heterocycles. The molecule has 0 spiro atoms. The van der Waals surface area contributed by atoms with Crippen LogP contribution in [0.25, 0.3) is 0 Å². The number of carbonyl (C=O) groups is 2. The molecule has 32 heavy (non-hydrogen) atoms.